The van der Waals surface area contributed by atoms with E-state index in [-0.39, 0.29) is 17.3 Å². The molecule has 0 bridgehead atoms. The van der Waals surface area contributed by atoms with Crippen LogP contribution in [0.1, 0.15) is 45.5 Å². The van der Waals surface area contributed by atoms with Crippen LogP contribution < -0.4 is 15.8 Å². The number of carbonyl (C=O) groups is 3. The van der Waals surface area contributed by atoms with Crippen molar-refractivity contribution in [1.82, 2.24) is 5.32 Å². The van der Waals surface area contributed by atoms with Gasteiger partial charge in [0.05, 0.1) is 0 Å². The molecule has 0 saturated heterocycles. The van der Waals surface area contributed by atoms with Crippen LogP contribution in [-0.2, 0) is 11.3 Å². The van der Waals surface area contributed by atoms with E-state index in [0.29, 0.717) is 16.9 Å². The Balaban J connectivity index is 0.000000509. The van der Waals surface area contributed by atoms with Crippen LogP contribution in [0.25, 0.3) is 0 Å². The molecule has 3 rings (SSSR count). The third-order valence-electron chi connectivity index (χ3n) is 4.70. The summed E-state index contributed by atoms with van der Waals surface area (Å²) in [5, 5.41) is 10.5. The number of nitrogens with two attached hydrogens (primary N) is 1. The van der Waals surface area contributed by atoms with Gasteiger partial charge in [-0.05, 0) is 43.6 Å². The lowest BCUT2D eigenvalue weighted by molar-refractivity contribution is -0.192. The molecule has 0 atom stereocenters. The van der Waals surface area contributed by atoms with E-state index in [9.17, 15) is 22.8 Å². The van der Waals surface area contributed by atoms with E-state index in [1.54, 1.807) is 24.3 Å². The predicted octanol–water partition coefficient (Wildman–Crippen LogP) is 3.88. The zero-order valence-electron chi connectivity index (χ0n) is 18.2. The van der Waals surface area contributed by atoms with E-state index >= 15 is 0 Å². The van der Waals surface area contributed by atoms with E-state index in [4.69, 9.17) is 20.4 Å². The maximum Gasteiger partial charge on any atom is 0.490 e. The molecule has 182 valence electrons. The maximum absolute atomic E-state index is 12.5. The second-order valence-electron chi connectivity index (χ2n) is 7.32. The van der Waals surface area contributed by atoms with Gasteiger partial charge in [-0.1, -0.05) is 42.8 Å². The lowest BCUT2D eigenvalue weighted by Crippen LogP contribution is -2.21. The van der Waals surface area contributed by atoms with Crippen molar-refractivity contribution < 1.29 is 37.4 Å². The van der Waals surface area contributed by atoms with Crippen molar-refractivity contribution in [2.45, 2.75) is 32.0 Å². The number of rotatable bonds is 9. The van der Waals surface area contributed by atoms with E-state index in [2.05, 4.69) is 5.32 Å². The number of benzene rings is 2. The molecule has 0 aromatic heterocycles. The summed E-state index contributed by atoms with van der Waals surface area (Å²) in [6, 6.07) is 14.3. The van der Waals surface area contributed by atoms with Crippen LogP contribution in [0.5, 0.6) is 5.75 Å². The fourth-order valence-electron chi connectivity index (χ4n) is 2.97. The lowest BCUT2D eigenvalue weighted by Gasteiger charge is -2.15. The number of hydrogen-bond donors (Lipinski definition) is 3. The van der Waals surface area contributed by atoms with Gasteiger partial charge in [0.15, 0.2) is 11.5 Å². The Morgan fingerprint density at radius 1 is 0.971 bits per heavy atom. The second-order valence-corrected chi connectivity index (χ2v) is 7.32. The molecule has 4 N–H and O–H groups in total. The molecule has 7 nitrogen and oxygen atoms in total. The highest BCUT2D eigenvalue weighted by Crippen LogP contribution is 2.24. The van der Waals surface area contributed by atoms with Gasteiger partial charge in [-0.25, -0.2) is 4.79 Å². The van der Waals surface area contributed by atoms with Crippen molar-refractivity contribution in [3.8, 4) is 5.75 Å². The molecule has 0 saturated carbocycles. The smallest absolute Gasteiger partial charge is 0.475 e. The van der Waals surface area contributed by atoms with Crippen LogP contribution in [-0.4, -0.2) is 41.9 Å². The van der Waals surface area contributed by atoms with Crippen molar-refractivity contribution in [2.75, 3.05) is 13.1 Å². The van der Waals surface area contributed by atoms with Crippen molar-refractivity contribution in [3.05, 3.63) is 77.1 Å². The monoisotopic (exact) mass is 478 g/mol. The number of allylic oxidation sites excluding steroid dienone is 2. The fourth-order valence-corrected chi connectivity index (χ4v) is 2.97. The summed E-state index contributed by atoms with van der Waals surface area (Å²) < 4.78 is 37.4. The number of carbonyl (C=O) groups excluding carboxylic acids is 2. The third kappa shape index (κ3) is 8.13. The van der Waals surface area contributed by atoms with Crippen LogP contribution >= 0.6 is 0 Å². The molecule has 0 heterocycles. The van der Waals surface area contributed by atoms with Gasteiger partial charge in [0.25, 0.3) is 0 Å². The Kier molecular flexibility index (Phi) is 9.96. The number of aliphatic carboxylic acids is 1. The maximum atomic E-state index is 12.5. The van der Waals surface area contributed by atoms with Gasteiger partial charge in [0.2, 0.25) is 5.78 Å². The average molecular weight is 478 g/mol. The van der Waals surface area contributed by atoms with Crippen LogP contribution in [0.4, 0.5) is 13.2 Å². The van der Waals surface area contributed by atoms with Gasteiger partial charge in [-0.2, -0.15) is 13.2 Å². The Morgan fingerprint density at radius 2 is 1.59 bits per heavy atom. The first-order chi connectivity index (χ1) is 16.1. The zero-order valence-corrected chi connectivity index (χ0v) is 18.2. The third-order valence-corrected chi connectivity index (χ3v) is 4.70. The number of fused-ring (bicyclic) bond motifs is 1. The lowest BCUT2D eigenvalue weighted by atomic mass is 9.94. The fraction of sp³-hybridized carbons (Fsp3) is 0.292. The number of carboxylic acids is 1. The number of alkyl halides is 3. The van der Waals surface area contributed by atoms with Gasteiger partial charge in [-0.3, -0.25) is 9.59 Å². The number of ketones is 2. The minimum Gasteiger partial charge on any atom is -0.475 e. The minimum atomic E-state index is -5.08. The Hall–Kier alpha value is -3.50. The van der Waals surface area contributed by atoms with E-state index < -0.39 is 12.1 Å². The summed E-state index contributed by atoms with van der Waals surface area (Å²) in [7, 11) is 0. The summed E-state index contributed by atoms with van der Waals surface area (Å²) in [5.74, 6) is -2.64. The highest BCUT2D eigenvalue weighted by Gasteiger charge is 2.38. The number of unbranched alkanes of at least 4 members (excludes halogenated alkanes) is 2. The van der Waals surface area contributed by atoms with Crippen LogP contribution in [0.2, 0.25) is 0 Å². The van der Waals surface area contributed by atoms with Gasteiger partial charge >= 0.3 is 12.1 Å². The highest BCUT2D eigenvalue weighted by molar-refractivity contribution is 6.23. The Morgan fingerprint density at radius 3 is 2.18 bits per heavy atom. The van der Waals surface area contributed by atoms with Crippen LogP contribution in [0, 0.1) is 0 Å². The molecule has 0 spiro atoms. The zero-order chi connectivity index (χ0) is 25.1. The SMILES string of the molecule is NCCCCCNCc1ccc(OC2=CC(=O)c3ccccc3C2=O)cc1.O=C(O)C(F)(F)F. The van der Waals surface area contributed by atoms with Crippen LogP contribution in [0.3, 0.4) is 0 Å². The molecule has 0 fully saturated rings. The van der Waals surface area contributed by atoms with Gasteiger partial charge in [0, 0.05) is 23.7 Å². The Bertz CT molecular complexity index is 1030. The van der Waals surface area contributed by atoms with E-state index in [0.717, 1.165) is 44.5 Å². The van der Waals surface area contributed by atoms with E-state index in [1.807, 2.05) is 24.3 Å². The van der Waals surface area contributed by atoms with E-state index in [1.165, 1.54) is 6.08 Å². The summed E-state index contributed by atoms with van der Waals surface area (Å²) in [6.07, 6.45) is -0.498. The molecular weight excluding hydrogens is 453 g/mol. The number of nitrogens with one attached hydrogen (secondary N) is 1. The van der Waals surface area contributed by atoms with Gasteiger partial charge in [-0.15, -0.1) is 0 Å². The summed E-state index contributed by atoms with van der Waals surface area (Å²) >= 11 is 0. The van der Waals surface area contributed by atoms with Crippen molar-refractivity contribution in [1.29, 1.82) is 0 Å². The standard InChI is InChI=1S/C22H24N2O3.C2HF3O2/c23-12-4-1-5-13-24-15-16-8-10-17(11-9-16)27-21-14-20(25)18-6-2-3-7-19(18)22(21)26;3-2(4,5)1(6)7/h2-3,6-11,14,24H,1,4-5,12-13,15,23H2;(H,6,7). The molecule has 1 aliphatic rings. The molecule has 10 heteroatoms. The predicted molar refractivity (Wildman–Crippen MR) is 119 cm³/mol. The first kappa shape index (κ1) is 26.7. The first-order valence-corrected chi connectivity index (χ1v) is 10.5. The summed E-state index contributed by atoms with van der Waals surface area (Å²) in [6.45, 7) is 2.48. The molecule has 0 amide bonds. The summed E-state index contributed by atoms with van der Waals surface area (Å²) in [4.78, 5) is 33.6. The molecule has 0 unspecified atom stereocenters. The second kappa shape index (κ2) is 12.7. The number of halogens is 3. The number of ether oxygens (including phenoxy) is 1. The van der Waals surface area contributed by atoms with Crippen molar-refractivity contribution in [2.24, 2.45) is 5.73 Å². The quantitative estimate of drug-likeness (QED) is 0.468. The van der Waals surface area contributed by atoms with Gasteiger partial charge in [0.1, 0.15) is 5.75 Å². The average Bonchev–Trinajstić information content (AvgIpc) is 2.80. The topological polar surface area (TPSA) is 119 Å². The molecule has 2 aromatic rings. The summed E-state index contributed by atoms with van der Waals surface area (Å²) in [5.41, 5.74) is 7.41. The normalized spacial score (nSPS) is 12.9. The van der Waals surface area contributed by atoms with Crippen molar-refractivity contribution >= 4 is 17.5 Å². The highest BCUT2D eigenvalue weighted by atomic mass is 19.4. The van der Waals surface area contributed by atoms with Crippen LogP contribution in [0.15, 0.2) is 60.4 Å². The van der Waals surface area contributed by atoms with Crippen molar-refractivity contribution in [3.63, 3.8) is 0 Å². The molecule has 34 heavy (non-hydrogen) atoms. The Labute approximate surface area is 194 Å². The minimum absolute atomic E-state index is 0.0597. The largest absolute Gasteiger partial charge is 0.490 e. The molecule has 1 aliphatic carbocycles. The molecular formula is C24H25F3N2O5. The number of hydrogen-bond acceptors (Lipinski definition) is 6. The first-order valence-electron chi connectivity index (χ1n) is 10.5. The molecule has 0 aliphatic heterocycles. The molecule has 2 aromatic carbocycles. The number of Topliss-reactive ketones (excluding diaryl/α,β-unsaturated/α-hetero) is 1. The van der Waals surface area contributed by atoms with Gasteiger partial charge < -0.3 is 20.9 Å². The molecule has 0 radical (unpaired) electrons. The number of carboxylic acid groups (broad SMARTS) is 1.